The van der Waals surface area contributed by atoms with E-state index in [0.717, 1.165) is 0 Å². The minimum absolute atomic E-state index is 0.179. The van der Waals surface area contributed by atoms with Gasteiger partial charge in [0.2, 0.25) is 5.95 Å². The Hall–Kier alpha value is -3.85. The number of amides is 1. The van der Waals surface area contributed by atoms with Crippen molar-refractivity contribution in [1.82, 2.24) is 20.3 Å². The monoisotopic (exact) mass is 434 g/mol. The van der Waals surface area contributed by atoms with Crippen LogP contribution in [0.15, 0.2) is 60.8 Å². The third kappa shape index (κ3) is 5.06. The largest absolute Gasteiger partial charge is 0.384 e. The number of carbonyl (C=O) groups excluding carboxylic acids is 1. The van der Waals surface area contributed by atoms with Gasteiger partial charge in [0, 0.05) is 18.4 Å². The Balaban J connectivity index is 1.72. The van der Waals surface area contributed by atoms with E-state index in [1.54, 1.807) is 37.3 Å². The van der Waals surface area contributed by atoms with E-state index in [1.165, 1.54) is 18.3 Å². The highest BCUT2D eigenvalue weighted by Crippen LogP contribution is 2.27. The fourth-order valence-electron chi connectivity index (χ4n) is 3.26. The van der Waals surface area contributed by atoms with Gasteiger partial charge < -0.3 is 21.1 Å². The second-order valence-corrected chi connectivity index (χ2v) is 7.62. The van der Waals surface area contributed by atoms with Crippen molar-refractivity contribution in [2.75, 3.05) is 17.2 Å². The first-order valence-electron chi connectivity index (χ1n) is 10.2. The average Bonchev–Trinajstić information content (AvgIpc) is 2.76. The molecule has 0 aliphatic carbocycles. The molecule has 1 aromatic carbocycles. The Labute approximate surface area is 184 Å². The van der Waals surface area contributed by atoms with Crippen molar-refractivity contribution >= 4 is 29.2 Å². The summed E-state index contributed by atoms with van der Waals surface area (Å²) in [7, 11) is 0. The molecule has 3 aromatic rings. The summed E-state index contributed by atoms with van der Waals surface area (Å²) in [6, 6.07) is 11.1. The van der Waals surface area contributed by atoms with Crippen molar-refractivity contribution in [2.24, 2.45) is 0 Å². The first-order valence-corrected chi connectivity index (χ1v) is 10.2. The van der Waals surface area contributed by atoms with Gasteiger partial charge in [-0.15, -0.1) is 0 Å². The highest BCUT2D eigenvalue weighted by molar-refractivity contribution is 5.99. The predicted octanol–water partition coefficient (Wildman–Crippen LogP) is 3.79. The highest BCUT2D eigenvalue weighted by Gasteiger charge is 2.24. The average molecular weight is 434 g/mol. The molecule has 4 N–H and O–H groups in total. The van der Waals surface area contributed by atoms with Crippen LogP contribution in [0, 0.1) is 5.82 Å². The standard InChI is InChI=1S/C23H23FN6O2/c1-23(32)11-3-2-4-12-25-21(31)17-14-26-22(27-16-8-5-7-15(24)13-16)30-20(17)29-19-10-6-9-18(23)28-19/h2,4-10,13-14,32H,3,11-12H2,1H3,(H,25,31)(H2,26,27,28,29,30)/b4-2-. The maximum atomic E-state index is 13.5. The van der Waals surface area contributed by atoms with Crippen molar-refractivity contribution in [3.8, 4) is 0 Å². The Morgan fingerprint density at radius 3 is 2.84 bits per heavy atom. The summed E-state index contributed by atoms with van der Waals surface area (Å²) in [6.45, 7) is 2.05. The van der Waals surface area contributed by atoms with Crippen molar-refractivity contribution in [3.05, 3.63) is 77.9 Å². The zero-order valence-electron chi connectivity index (χ0n) is 17.5. The molecule has 1 aliphatic heterocycles. The summed E-state index contributed by atoms with van der Waals surface area (Å²) in [5, 5.41) is 19.6. The second-order valence-electron chi connectivity index (χ2n) is 7.62. The molecule has 0 saturated heterocycles. The maximum Gasteiger partial charge on any atom is 0.256 e. The Morgan fingerprint density at radius 2 is 2.00 bits per heavy atom. The van der Waals surface area contributed by atoms with Crippen molar-refractivity contribution in [3.63, 3.8) is 0 Å². The fourth-order valence-corrected chi connectivity index (χ4v) is 3.26. The lowest BCUT2D eigenvalue weighted by Crippen LogP contribution is -2.26. The lowest BCUT2D eigenvalue weighted by atomic mass is 9.95. The predicted molar refractivity (Wildman–Crippen MR) is 120 cm³/mol. The Bertz CT molecular complexity index is 1160. The molecule has 3 heterocycles. The van der Waals surface area contributed by atoms with Gasteiger partial charge in [0.05, 0.1) is 5.69 Å². The summed E-state index contributed by atoms with van der Waals surface area (Å²) in [5.74, 6) is 0.0713. The quantitative estimate of drug-likeness (QED) is 0.454. The topological polar surface area (TPSA) is 112 Å². The molecule has 0 radical (unpaired) electrons. The lowest BCUT2D eigenvalue weighted by Gasteiger charge is -2.23. The molecule has 1 amide bonds. The van der Waals surface area contributed by atoms with Crippen LogP contribution in [0.25, 0.3) is 0 Å². The molecular formula is C23H23FN6O2. The molecule has 4 rings (SSSR count). The minimum atomic E-state index is -1.12. The summed E-state index contributed by atoms with van der Waals surface area (Å²) in [6.07, 6.45) is 6.25. The van der Waals surface area contributed by atoms with Crippen LogP contribution in [-0.2, 0) is 5.60 Å². The number of allylic oxidation sites excluding steroid dienone is 1. The van der Waals surface area contributed by atoms with Crippen LogP contribution in [0.4, 0.5) is 27.7 Å². The normalized spacial score (nSPS) is 19.7. The van der Waals surface area contributed by atoms with E-state index < -0.39 is 11.4 Å². The maximum absolute atomic E-state index is 13.5. The number of aliphatic hydroxyl groups is 1. The molecule has 2 bridgehead atoms. The van der Waals surface area contributed by atoms with E-state index in [1.807, 2.05) is 12.2 Å². The van der Waals surface area contributed by atoms with Gasteiger partial charge in [0.15, 0.2) is 0 Å². The van der Waals surface area contributed by atoms with Gasteiger partial charge in [-0.1, -0.05) is 24.3 Å². The molecule has 0 fully saturated rings. The van der Waals surface area contributed by atoms with Gasteiger partial charge in [-0.3, -0.25) is 4.79 Å². The molecule has 164 valence electrons. The third-order valence-electron chi connectivity index (χ3n) is 5.01. The first-order chi connectivity index (χ1) is 15.4. The smallest absolute Gasteiger partial charge is 0.256 e. The molecule has 0 saturated carbocycles. The molecule has 32 heavy (non-hydrogen) atoms. The molecule has 8 nitrogen and oxygen atoms in total. The van der Waals surface area contributed by atoms with Crippen LogP contribution >= 0.6 is 0 Å². The minimum Gasteiger partial charge on any atom is -0.384 e. The van der Waals surface area contributed by atoms with E-state index in [0.29, 0.717) is 36.6 Å². The molecule has 1 aliphatic rings. The van der Waals surface area contributed by atoms with Gasteiger partial charge in [-0.25, -0.2) is 14.4 Å². The van der Waals surface area contributed by atoms with Gasteiger partial charge >= 0.3 is 0 Å². The number of anilines is 4. The van der Waals surface area contributed by atoms with Crippen LogP contribution in [0.2, 0.25) is 0 Å². The number of nitrogens with one attached hydrogen (secondary N) is 3. The van der Waals surface area contributed by atoms with Gasteiger partial charge in [0.25, 0.3) is 5.91 Å². The summed E-state index contributed by atoms with van der Waals surface area (Å²) in [4.78, 5) is 25.8. The molecule has 9 heteroatoms. The van der Waals surface area contributed by atoms with E-state index in [4.69, 9.17) is 0 Å². The number of hydrogen-bond donors (Lipinski definition) is 4. The molecule has 1 unspecified atom stereocenters. The second kappa shape index (κ2) is 9.11. The number of rotatable bonds is 2. The summed E-state index contributed by atoms with van der Waals surface area (Å²) in [5.41, 5.74) is 0.0792. The molecule has 0 spiro atoms. The van der Waals surface area contributed by atoms with Crippen LogP contribution in [-0.4, -0.2) is 32.5 Å². The number of fused-ring (bicyclic) bond motifs is 3. The van der Waals surface area contributed by atoms with E-state index in [-0.39, 0.29) is 23.2 Å². The third-order valence-corrected chi connectivity index (χ3v) is 5.01. The Morgan fingerprint density at radius 1 is 1.16 bits per heavy atom. The number of nitrogens with zero attached hydrogens (tertiary/aromatic N) is 3. The molecule has 1 atom stereocenters. The lowest BCUT2D eigenvalue weighted by molar-refractivity contribution is 0.0444. The van der Waals surface area contributed by atoms with Gasteiger partial charge in [-0.05, 0) is 50.1 Å². The number of halogens is 1. The molecule has 2 aromatic heterocycles. The highest BCUT2D eigenvalue weighted by atomic mass is 19.1. The van der Waals surface area contributed by atoms with Crippen LogP contribution in [0.1, 0.15) is 35.8 Å². The van der Waals surface area contributed by atoms with Crippen LogP contribution in [0.3, 0.4) is 0 Å². The number of aromatic nitrogens is 3. The van der Waals surface area contributed by atoms with E-state index in [2.05, 4.69) is 30.9 Å². The Kier molecular flexibility index (Phi) is 6.09. The number of hydrogen-bond acceptors (Lipinski definition) is 7. The van der Waals surface area contributed by atoms with Crippen LogP contribution in [0.5, 0.6) is 0 Å². The fraction of sp³-hybridized carbons (Fsp3) is 0.217. The summed E-state index contributed by atoms with van der Waals surface area (Å²) < 4.78 is 13.5. The van der Waals surface area contributed by atoms with E-state index >= 15 is 0 Å². The van der Waals surface area contributed by atoms with Gasteiger partial charge in [0.1, 0.15) is 28.6 Å². The number of carbonyl (C=O) groups is 1. The van der Waals surface area contributed by atoms with Crippen molar-refractivity contribution in [1.29, 1.82) is 0 Å². The number of benzene rings is 1. The van der Waals surface area contributed by atoms with Crippen molar-refractivity contribution < 1.29 is 14.3 Å². The number of pyridine rings is 1. The van der Waals surface area contributed by atoms with Crippen molar-refractivity contribution in [2.45, 2.75) is 25.4 Å². The first kappa shape index (κ1) is 21.4. The zero-order valence-corrected chi connectivity index (χ0v) is 17.5. The molecular weight excluding hydrogens is 411 g/mol. The van der Waals surface area contributed by atoms with Crippen LogP contribution < -0.4 is 16.0 Å². The summed E-state index contributed by atoms with van der Waals surface area (Å²) >= 11 is 0. The van der Waals surface area contributed by atoms with Gasteiger partial charge in [-0.2, -0.15) is 4.98 Å². The van der Waals surface area contributed by atoms with E-state index in [9.17, 15) is 14.3 Å². The SMILES string of the molecule is CC1(O)CC/C=C\CNC(=O)c2cnc(Nc3cccc(F)c3)nc2Nc2cccc1n2. The zero-order chi connectivity index (χ0) is 22.6.